The van der Waals surface area contributed by atoms with Gasteiger partial charge in [0.1, 0.15) is 46.8 Å². The molecule has 3 N–H and O–H groups in total. The summed E-state index contributed by atoms with van der Waals surface area (Å²) in [6.07, 6.45) is -2.27. The van der Waals surface area contributed by atoms with Gasteiger partial charge in [-0.15, -0.1) is 22.7 Å². The SMILES string of the molecule is Cc1c(-c2cc(C(=O)O)c3c(O[C@@H](C)c4ccc(S(=O)(=O)C(F)(F)F)cc4)ccc(C)c3n2)sc2ccccc12.Cc1c(-c2cc(C(=O)O)c3c(O[C@H](C)c4ccc(S(=O)(=O)C(F)(F)F)cc4)ccc(C)c3n2)oc2ccccc12.Cc1c(-c2cc(C(=O)O)c3c(O[C@H](C)c4ccc(S(=O)(=O)C(F)(F)F)cc4)ccc(C)c3n2)sc2ccccc12. The van der Waals surface area contributed by atoms with Crippen molar-refractivity contribution < 1.29 is 113 Å². The third kappa shape index (κ3) is 16.3. The van der Waals surface area contributed by atoms with Crippen molar-refractivity contribution >= 4 is 134 Å². The van der Waals surface area contributed by atoms with Crippen LogP contribution in [0.3, 0.4) is 0 Å². The van der Waals surface area contributed by atoms with Gasteiger partial charge in [-0.25, -0.2) is 54.6 Å². The molecule has 0 bridgehead atoms. The summed E-state index contributed by atoms with van der Waals surface area (Å²) in [7, 11) is -16.4. The number of aryl methyl sites for hydroxylation is 6. The largest absolute Gasteiger partial charge is 0.501 e. The number of ether oxygens (including phenoxy) is 3. The lowest BCUT2D eigenvalue weighted by Gasteiger charge is -2.19. The number of carbonyl (C=O) groups is 3. The number of carboxylic acids is 3. The number of thiophene rings is 2. The molecule has 15 aromatic rings. The van der Waals surface area contributed by atoms with Gasteiger partial charge in [0.05, 0.1) is 85.2 Å². The van der Waals surface area contributed by atoms with Gasteiger partial charge in [0.15, 0.2) is 5.76 Å². The lowest BCUT2D eigenvalue weighted by atomic mass is 10.0. The van der Waals surface area contributed by atoms with Crippen LogP contribution in [0.15, 0.2) is 219 Å². The minimum atomic E-state index is -5.49. The van der Waals surface area contributed by atoms with E-state index in [4.69, 9.17) is 33.6 Å². The molecule has 0 unspecified atom stereocenters. The van der Waals surface area contributed by atoms with E-state index >= 15 is 0 Å². The monoisotopic (exact) mass is 1740 g/mol. The number of nitrogens with zero attached hydrogens (tertiary/aromatic N) is 3. The molecule has 0 saturated carbocycles. The zero-order chi connectivity index (χ0) is 86.9. The lowest BCUT2D eigenvalue weighted by molar-refractivity contribution is -0.0442. The Hall–Kier alpha value is -12.3. The van der Waals surface area contributed by atoms with Crippen molar-refractivity contribution in [3.8, 4) is 49.8 Å². The average Bonchev–Trinajstić information content (AvgIpc) is 1.17. The molecule has 120 heavy (non-hydrogen) atoms. The minimum Gasteiger partial charge on any atom is -0.485 e. The maximum absolute atomic E-state index is 12.9. The normalized spacial score (nSPS) is 13.1. The molecule has 618 valence electrons. The Balaban J connectivity index is 0.000000156. The zero-order valence-corrected chi connectivity index (χ0v) is 68.3. The van der Waals surface area contributed by atoms with Crippen LogP contribution in [0, 0.1) is 41.5 Å². The van der Waals surface area contributed by atoms with E-state index in [9.17, 15) is 94.5 Å². The first-order chi connectivity index (χ1) is 56.4. The number of rotatable bonds is 18. The number of para-hydroxylation sites is 1. The second-order valence-electron chi connectivity index (χ2n) is 27.9. The average molecular weight is 1740 g/mol. The van der Waals surface area contributed by atoms with Gasteiger partial charge in [-0.05, 0) is 209 Å². The van der Waals surface area contributed by atoms with Gasteiger partial charge < -0.3 is 33.9 Å². The summed E-state index contributed by atoms with van der Waals surface area (Å²) < 4.78 is 213. The van der Waals surface area contributed by atoms with Crippen molar-refractivity contribution in [2.45, 2.75) is 112 Å². The summed E-state index contributed by atoms with van der Waals surface area (Å²) in [4.78, 5) is 50.8. The van der Waals surface area contributed by atoms with Gasteiger partial charge in [0, 0.05) is 20.3 Å². The predicted molar refractivity (Wildman–Crippen MR) is 438 cm³/mol. The number of halogens is 9. The zero-order valence-electron chi connectivity index (χ0n) is 64.2. The van der Waals surface area contributed by atoms with E-state index in [2.05, 4.69) is 0 Å². The number of furan rings is 1. The van der Waals surface area contributed by atoms with Crippen molar-refractivity contribution in [1.82, 2.24) is 15.0 Å². The summed E-state index contributed by atoms with van der Waals surface area (Å²) in [5.74, 6) is -2.47. The molecular weight excluding hydrogens is 1670 g/mol. The highest BCUT2D eigenvalue weighted by Gasteiger charge is 2.49. The first-order valence-electron chi connectivity index (χ1n) is 36.1. The van der Waals surface area contributed by atoms with Crippen LogP contribution < -0.4 is 14.2 Å². The summed E-state index contributed by atoms with van der Waals surface area (Å²) in [5.41, 5.74) is -6.86. The first-order valence-corrected chi connectivity index (χ1v) is 42.2. The van der Waals surface area contributed by atoms with Gasteiger partial charge in [-0.2, -0.15) is 39.5 Å². The molecule has 0 aliphatic carbocycles. The van der Waals surface area contributed by atoms with Crippen LogP contribution in [-0.4, -0.2) is 90.0 Å². The van der Waals surface area contributed by atoms with Crippen molar-refractivity contribution in [1.29, 1.82) is 0 Å². The molecule has 0 radical (unpaired) electrons. The maximum Gasteiger partial charge on any atom is 0.501 e. The van der Waals surface area contributed by atoms with E-state index in [1.807, 2.05) is 107 Å². The van der Waals surface area contributed by atoms with Gasteiger partial charge in [0.2, 0.25) is 0 Å². The number of aromatic carboxylic acids is 3. The van der Waals surface area contributed by atoms with Gasteiger partial charge in [-0.1, -0.05) is 109 Å². The standard InChI is InChI=1S/C29H22F3NO6S.2C29H22F3NO5S2/c1-15-8-13-24(38-17(3)18-9-11-19(12-10-18)40(36,37)29(30,31)32)25-21(28(34)35)14-22(33-26(15)25)27-16(2)20-6-4-5-7-23(20)39-27;2*1-15-8-13-23(38-17(3)18-9-11-19(12-10-18)40(36,37)29(30,31)32)25-21(28(34)35)14-22(33-26(15)25)27-16(2)20-6-4-5-7-24(20)39-27/h3*4-14,17H,1-3H3,(H,34,35)/t3*17-/m110/s1. The highest BCUT2D eigenvalue weighted by atomic mass is 32.2. The van der Waals surface area contributed by atoms with Crippen LogP contribution in [0.25, 0.3) is 96.4 Å². The molecule has 0 amide bonds. The van der Waals surface area contributed by atoms with Crippen LogP contribution in [-0.2, 0) is 29.5 Å². The smallest absolute Gasteiger partial charge is 0.485 e. The molecule has 6 heterocycles. The van der Waals surface area contributed by atoms with Crippen LogP contribution in [0.5, 0.6) is 17.2 Å². The fourth-order valence-corrected chi connectivity index (χ4v) is 18.3. The molecule has 33 heteroatoms. The Kier molecular flexibility index (Phi) is 23.1. The summed E-state index contributed by atoms with van der Waals surface area (Å²) in [6, 6.07) is 50.3. The third-order valence-electron chi connectivity index (χ3n) is 20.1. The van der Waals surface area contributed by atoms with E-state index in [1.54, 1.807) is 64.1 Å². The van der Waals surface area contributed by atoms with Crippen molar-refractivity contribution in [2.75, 3.05) is 0 Å². The fraction of sp³-hybridized carbons (Fsp3) is 0.172. The minimum absolute atomic E-state index is 0.00521. The lowest BCUT2D eigenvalue weighted by Crippen LogP contribution is -2.23. The van der Waals surface area contributed by atoms with Gasteiger partial charge >= 0.3 is 34.4 Å². The Morgan fingerprint density at radius 1 is 0.375 bits per heavy atom. The van der Waals surface area contributed by atoms with E-state index < -0.39 is 96.9 Å². The van der Waals surface area contributed by atoms with E-state index in [-0.39, 0.29) is 50.1 Å². The second-order valence-corrected chi connectivity index (χ2v) is 35.8. The first kappa shape index (κ1) is 85.6. The number of fused-ring (bicyclic) bond motifs is 6. The fourth-order valence-electron chi connectivity index (χ4n) is 13.7. The molecule has 3 atom stereocenters. The van der Waals surface area contributed by atoms with Crippen molar-refractivity contribution in [3.05, 3.63) is 267 Å². The van der Waals surface area contributed by atoms with Crippen molar-refractivity contribution in [2.24, 2.45) is 0 Å². The highest BCUT2D eigenvalue weighted by Crippen LogP contribution is 2.46. The second kappa shape index (κ2) is 32.4. The number of pyridine rings is 3. The molecular formula is C87H66F9N3O16S5. The predicted octanol–water partition coefficient (Wildman–Crippen LogP) is 23.1. The Bertz CT molecular complexity index is 6350. The van der Waals surface area contributed by atoms with Crippen LogP contribution >= 0.6 is 22.7 Å². The molecule has 15 rings (SSSR count). The third-order valence-corrected chi connectivity index (χ3v) is 27.2. The van der Waals surface area contributed by atoms with E-state index in [1.165, 1.54) is 77.3 Å². The van der Waals surface area contributed by atoms with Gasteiger partial charge in [-0.3, -0.25) is 0 Å². The molecule has 9 aromatic carbocycles. The summed E-state index contributed by atoms with van der Waals surface area (Å²) >= 11 is 3.06. The molecule has 19 nitrogen and oxygen atoms in total. The molecule has 0 fully saturated rings. The van der Waals surface area contributed by atoms with Crippen LogP contribution in [0.2, 0.25) is 0 Å². The highest BCUT2D eigenvalue weighted by molar-refractivity contribution is 7.93. The number of hydrogen-bond donors (Lipinski definition) is 3. The molecule has 0 aliphatic rings. The maximum atomic E-state index is 12.9. The van der Waals surface area contributed by atoms with E-state index in [0.29, 0.717) is 67.2 Å². The number of benzene rings is 9. The Labute approximate surface area is 686 Å². The number of hydrogen-bond acceptors (Lipinski definition) is 18. The number of sulfone groups is 3. The Morgan fingerprint density at radius 3 is 0.950 bits per heavy atom. The Morgan fingerprint density at radius 2 is 0.658 bits per heavy atom. The molecule has 0 aliphatic heterocycles. The summed E-state index contributed by atoms with van der Waals surface area (Å²) in [5, 5.41) is 34.3. The van der Waals surface area contributed by atoms with Crippen LogP contribution in [0.4, 0.5) is 39.5 Å². The molecule has 0 spiro atoms. The molecule has 6 aromatic heterocycles. The van der Waals surface area contributed by atoms with Crippen LogP contribution in [0.1, 0.15) is 120 Å². The number of aromatic nitrogens is 3. The molecule has 0 saturated heterocycles. The number of carboxylic acid groups (broad SMARTS) is 3. The topological polar surface area (TPSA) is 294 Å². The number of alkyl halides is 9. The van der Waals surface area contributed by atoms with E-state index in [0.717, 1.165) is 99.5 Å². The van der Waals surface area contributed by atoms with Crippen molar-refractivity contribution in [3.63, 3.8) is 0 Å². The quantitative estimate of drug-likeness (QED) is 0.0673. The van der Waals surface area contributed by atoms with Gasteiger partial charge in [0.25, 0.3) is 29.5 Å². The summed E-state index contributed by atoms with van der Waals surface area (Å²) in [6.45, 7) is 16.1.